The molecule has 0 aromatic heterocycles. The quantitative estimate of drug-likeness (QED) is 0.0938. The first-order valence-corrected chi connectivity index (χ1v) is 13.5. The third-order valence-electron chi connectivity index (χ3n) is 6.69. The van der Waals surface area contributed by atoms with Crippen LogP contribution in [0.5, 0.6) is 17.2 Å². The monoisotopic (exact) mass is 528 g/mol. The Morgan fingerprint density at radius 3 is 1.25 bits per heavy atom. The molecule has 0 amide bonds. The van der Waals surface area contributed by atoms with E-state index < -0.39 is 5.97 Å². The number of ether oxygens (including phenoxy) is 3. The molecule has 4 heteroatoms. The van der Waals surface area contributed by atoms with Gasteiger partial charge in [-0.05, 0) is 96.5 Å². The van der Waals surface area contributed by atoms with Gasteiger partial charge in [-0.2, -0.15) is 0 Å². The van der Waals surface area contributed by atoms with Crippen molar-refractivity contribution >= 4 is 5.97 Å². The van der Waals surface area contributed by atoms with E-state index in [0.29, 0.717) is 17.1 Å². The molecule has 0 aliphatic heterocycles. The number of hydrogen-bond donors (Lipinski definition) is 0. The maximum Gasteiger partial charge on any atom is 0.343 e. The lowest BCUT2D eigenvalue weighted by atomic mass is 10.0. The van der Waals surface area contributed by atoms with Gasteiger partial charge in [-0.15, -0.1) is 0 Å². The highest BCUT2D eigenvalue weighted by atomic mass is 16.7. The van der Waals surface area contributed by atoms with Crippen molar-refractivity contribution < 1.29 is 19.0 Å². The lowest BCUT2D eigenvalue weighted by Crippen LogP contribution is -2.09. The summed E-state index contributed by atoms with van der Waals surface area (Å²) in [5.41, 5.74) is 5.55. The zero-order chi connectivity index (χ0) is 27.4. The molecule has 0 saturated carbocycles. The minimum atomic E-state index is -0.410. The van der Waals surface area contributed by atoms with Gasteiger partial charge in [0.15, 0.2) is 0 Å². The third-order valence-corrected chi connectivity index (χ3v) is 6.69. The van der Waals surface area contributed by atoms with Gasteiger partial charge >= 0.3 is 5.97 Å². The number of rotatable bonds is 12. The van der Waals surface area contributed by atoms with Crippen LogP contribution in [0.2, 0.25) is 0 Å². The summed E-state index contributed by atoms with van der Waals surface area (Å²) in [5.74, 6) is 1.47. The van der Waals surface area contributed by atoms with Crippen LogP contribution in [0, 0.1) is 0 Å². The summed E-state index contributed by atoms with van der Waals surface area (Å²) in [7, 11) is 0. The van der Waals surface area contributed by atoms with Crippen molar-refractivity contribution in [2.75, 3.05) is 6.79 Å². The summed E-state index contributed by atoms with van der Waals surface area (Å²) in [6, 6.07) is 43.5. The molecule has 0 spiro atoms. The summed E-state index contributed by atoms with van der Waals surface area (Å²) in [6.07, 6.45) is 3.90. The number of carbonyl (C=O) groups excluding carboxylic acids is 1. The minimum absolute atomic E-state index is 0.0732. The Labute approximate surface area is 235 Å². The van der Waals surface area contributed by atoms with Crippen molar-refractivity contribution in [2.24, 2.45) is 0 Å². The van der Waals surface area contributed by atoms with E-state index >= 15 is 0 Å². The van der Waals surface area contributed by atoms with Crippen LogP contribution in [-0.2, 0) is 25.7 Å². The van der Waals surface area contributed by atoms with Gasteiger partial charge in [-0.3, -0.25) is 0 Å². The predicted molar refractivity (Wildman–Crippen MR) is 158 cm³/mol. The smallest absolute Gasteiger partial charge is 0.343 e. The molecule has 0 unspecified atom stereocenters. The van der Waals surface area contributed by atoms with Crippen molar-refractivity contribution in [1.29, 1.82) is 0 Å². The van der Waals surface area contributed by atoms with E-state index in [4.69, 9.17) is 14.2 Å². The minimum Gasteiger partial charge on any atom is -0.458 e. The molecule has 5 aromatic carbocycles. The maximum atomic E-state index is 12.6. The highest BCUT2D eigenvalue weighted by Gasteiger charge is 2.09. The first kappa shape index (κ1) is 26.8. The molecule has 0 N–H and O–H groups in total. The lowest BCUT2D eigenvalue weighted by molar-refractivity contribution is 0.0734. The van der Waals surface area contributed by atoms with Crippen LogP contribution in [-0.4, -0.2) is 12.8 Å². The van der Waals surface area contributed by atoms with Crippen LogP contribution in [0.3, 0.4) is 0 Å². The summed E-state index contributed by atoms with van der Waals surface area (Å²) < 4.78 is 17.0. The molecule has 0 aliphatic carbocycles. The normalized spacial score (nSPS) is 10.6. The average Bonchev–Trinajstić information content (AvgIpc) is 3.02. The predicted octanol–water partition coefficient (Wildman–Crippen LogP) is 7.89. The van der Waals surface area contributed by atoms with Crippen molar-refractivity contribution in [1.82, 2.24) is 0 Å². The summed E-state index contributed by atoms with van der Waals surface area (Å²) in [6.45, 7) is 0.0732. The molecule has 0 aliphatic rings. The van der Waals surface area contributed by atoms with Crippen LogP contribution in [0.4, 0.5) is 0 Å². The number of aryl methyl sites for hydroxylation is 4. The fraction of sp³-hybridized carbons (Fsp3) is 0.139. The Kier molecular flexibility index (Phi) is 9.24. The molecule has 5 rings (SSSR count). The molecule has 0 heterocycles. The molecular weight excluding hydrogens is 496 g/mol. The number of esters is 1. The van der Waals surface area contributed by atoms with Crippen LogP contribution >= 0.6 is 0 Å². The molecule has 0 radical (unpaired) electrons. The molecular formula is C36H32O4. The molecule has 0 atom stereocenters. The van der Waals surface area contributed by atoms with Gasteiger partial charge in [0.2, 0.25) is 6.79 Å². The first-order valence-electron chi connectivity index (χ1n) is 13.5. The van der Waals surface area contributed by atoms with Gasteiger partial charge in [0.1, 0.15) is 17.2 Å². The van der Waals surface area contributed by atoms with E-state index in [1.807, 2.05) is 48.5 Å². The molecule has 5 aromatic rings. The van der Waals surface area contributed by atoms with Crippen molar-refractivity contribution in [3.8, 4) is 17.2 Å². The molecule has 0 fully saturated rings. The molecule has 200 valence electrons. The van der Waals surface area contributed by atoms with Crippen LogP contribution < -0.4 is 14.2 Å². The van der Waals surface area contributed by atoms with Crippen LogP contribution in [0.25, 0.3) is 0 Å². The van der Waals surface area contributed by atoms with E-state index in [2.05, 4.69) is 60.7 Å². The highest BCUT2D eigenvalue weighted by Crippen LogP contribution is 2.19. The fourth-order valence-electron chi connectivity index (χ4n) is 4.36. The zero-order valence-electron chi connectivity index (χ0n) is 22.4. The maximum absolute atomic E-state index is 12.6. The van der Waals surface area contributed by atoms with E-state index in [-0.39, 0.29) is 6.79 Å². The van der Waals surface area contributed by atoms with E-state index in [1.54, 1.807) is 24.3 Å². The number of hydrogen-bond acceptors (Lipinski definition) is 4. The lowest BCUT2D eigenvalue weighted by Gasteiger charge is -2.10. The van der Waals surface area contributed by atoms with Gasteiger partial charge < -0.3 is 14.2 Å². The molecule has 4 nitrogen and oxygen atoms in total. The second kappa shape index (κ2) is 13.8. The van der Waals surface area contributed by atoms with E-state index in [1.165, 1.54) is 22.3 Å². The Morgan fingerprint density at radius 1 is 0.425 bits per heavy atom. The Hall–Kier alpha value is -4.83. The van der Waals surface area contributed by atoms with Crippen molar-refractivity contribution in [2.45, 2.75) is 25.7 Å². The van der Waals surface area contributed by atoms with Crippen molar-refractivity contribution in [3.05, 3.63) is 161 Å². The molecule has 40 heavy (non-hydrogen) atoms. The van der Waals surface area contributed by atoms with Crippen LogP contribution in [0.1, 0.15) is 32.6 Å². The molecule has 0 saturated heterocycles. The van der Waals surface area contributed by atoms with Crippen LogP contribution in [0.15, 0.2) is 133 Å². The van der Waals surface area contributed by atoms with Gasteiger partial charge in [-0.25, -0.2) is 4.79 Å². The first-order chi connectivity index (χ1) is 19.7. The largest absolute Gasteiger partial charge is 0.458 e. The SMILES string of the molecule is O=C(Oc1ccc(CCc2ccccc2)cc1)c1ccc(OCOc2ccc(CCc3ccccc3)cc2)cc1. The topological polar surface area (TPSA) is 44.8 Å². The average molecular weight is 529 g/mol. The zero-order valence-corrected chi connectivity index (χ0v) is 22.4. The second-order valence-electron chi connectivity index (χ2n) is 9.58. The second-order valence-corrected chi connectivity index (χ2v) is 9.58. The number of carbonyl (C=O) groups is 1. The third kappa shape index (κ3) is 8.08. The summed E-state index contributed by atoms with van der Waals surface area (Å²) in [5, 5.41) is 0. The Morgan fingerprint density at radius 2 is 0.800 bits per heavy atom. The van der Waals surface area contributed by atoms with Crippen molar-refractivity contribution in [3.63, 3.8) is 0 Å². The highest BCUT2D eigenvalue weighted by molar-refractivity contribution is 5.91. The number of benzene rings is 5. The van der Waals surface area contributed by atoms with Gasteiger partial charge in [-0.1, -0.05) is 84.9 Å². The van der Waals surface area contributed by atoms with E-state index in [9.17, 15) is 4.79 Å². The summed E-state index contributed by atoms with van der Waals surface area (Å²) >= 11 is 0. The fourth-order valence-corrected chi connectivity index (χ4v) is 4.36. The van der Waals surface area contributed by atoms with Gasteiger partial charge in [0.05, 0.1) is 5.56 Å². The standard InChI is InChI=1S/C36H32O4/c37-36(40-35-23-17-31(18-24-35)14-12-29-9-5-2-6-10-29)32-19-25-34(26-20-32)39-27-38-33-21-15-30(16-22-33)13-11-28-7-3-1-4-8-28/h1-10,15-26H,11-14,27H2. The van der Waals surface area contributed by atoms with Gasteiger partial charge in [0.25, 0.3) is 0 Å². The molecule has 0 bridgehead atoms. The Balaban J connectivity index is 1.03. The van der Waals surface area contributed by atoms with Gasteiger partial charge in [0, 0.05) is 0 Å². The Bertz CT molecular complexity index is 1460. The van der Waals surface area contributed by atoms with E-state index in [0.717, 1.165) is 31.4 Å². The summed E-state index contributed by atoms with van der Waals surface area (Å²) in [4.78, 5) is 12.6.